The van der Waals surface area contributed by atoms with Crippen LogP contribution in [-0.2, 0) is 20.7 Å². The Labute approximate surface area is 115 Å². The monoisotopic (exact) mass is 286 g/mol. The number of halogens is 1. The van der Waals surface area contributed by atoms with Crippen molar-refractivity contribution in [1.29, 1.82) is 0 Å². The van der Waals surface area contributed by atoms with Crippen LogP contribution in [0.1, 0.15) is 18.7 Å². The van der Waals surface area contributed by atoms with E-state index in [0.717, 1.165) is 12.2 Å². The lowest BCUT2D eigenvalue weighted by Crippen LogP contribution is -2.31. The third kappa shape index (κ3) is 3.04. The molecule has 19 heavy (non-hydrogen) atoms. The van der Waals surface area contributed by atoms with Crippen LogP contribution >= 0.6 is 11.6 Å². The summed E-state index contributed by atoms with van der Waals surface area (Å²) < 4.78 is 4.56. The standard InChI is InChI=1S/C11H15ClN4O3/c1-19-10(18)11(12)5-7(11)9(17)13-4-2-3-8-14-6-15-16-8/h6-7H,2-5H2,1H3,(H,13,17)(H,14,15,16)/t7-,11-/m1/s1. The normalized spacial score (nSPS) is 24.8. The predicted octanol–water partition coefficient (Wildman–Crippen LogP) is 0.0240. The average molecular weight is 287 g/mol. The maximum Gasteiger partial charge on any atom is 0.327 e. The second kappa shape index (κ2) is 5.56. The number of methoxy groups -OCH3 is 1. The molecule has 104 valence electrons. The van der Waals surface area contributed by atoms with E-state index in [0.29, 0.717) is 19.4 Å². The SMILES string of the molecule is COC(=O)[C@@]1(Cl)C[C@@H]1C(=O)NCCCc1ncn[nH]1. The minimum absolute atomic E-state index is 0.210. The number of ether oxygens (including phenoxy) is 1. The number of hydrogen-bond acceptors (Lipinski definition) is 5. The first-order chi connectivity index (χ1) is 9.08. The van der Waals surface area contributed by atoms with E-state index in [1.807, 2.05) is 0 Å². The number of aryl methyl sites for hydroxylation is 1. The first kappa shape index (κ1) is 13.8. The fourth-order valence-corrected chi connectivity index (χ4v) is 2.21. The molecule has 0 bridgehead atoms. The van der Waals surface area contributed by atoms with Crippen molar-refractivity contribution in [2.24, 2.45) is 5.92 Å². The van der Waals surface area contributed by atoms with Crippen LogP contribution in [0.25, 0.3) is 0 Å². The molecule has 8 heteroatoms. The van der Waals surface area contributed by atoms with Gasteiger partial charge in [0.1, 0.15) is 12.2 Å². The van der Waals surface area contributed by atoms with Crippen molar-refractivity contribution < 1.29 is 14.3 Å². The summed E-state index contributed by atoms with van der Waals surface area (Å²) in [4.78, 5) is 25.9. The average Bonchev–Trinajstić information content (AvgIpc) is 2.87. The molecule has 1 saturated carbocycles. The molecule has 0 aliphatic heterocycles. The fraction of sp³-hybridized carbons (Fsp3) is 0.636. The van der Waals surface area contributed by atoms with Gasteiger partial charge < -0.3 is 10.1 Å². The summed E-state index contributed by atoms with van der Waals surface area (Å²) in [7, 11) is 1.26. The molecule has 1 amide bonds. The van der Waals surface area contributed by atoms with E-state index in [1.54, 1.807) is 0 Å². The molecule has 1 fully saturated rings. The van der Waals surface area contributed by atoms with E-state index < -0.39 is 16.8 Å². The van der Waals surface area contributed by atoms with Crippen molar-refractivity contribution in [1.82, 2.24) is 20.5 Å². The topological polar surface area (TPSA) is 97.0 Å². The van der Waals surface area contributed by atoms with Gasteiger partial charge in [0.15, 0.2) is 4.87 Å². The molecule has 0 radical (unpaired) electrons. The summed E-state index contributed by atoms with van der Waals surface area (Å²) in [6.45, 7) is 0.504. The molecule has 0 spiro atoms. The number of H-pyrrole nitrogens is 1. The molecule has 0 saturated heterocycles. The number of carbonyl (C=O) groups excluding carboxylic acids is 2. The van der Waals surface area contributed by atoms with Gasteiger partial charge in [-0.05, 0) is 12.8 Å². The van der Waals surface area contributed by atoms with Gasteiger partial charge >= 0.3 is 5.97 Å². The minimum Gasteiger partial charge on any atom is -0.468 e. The second-order valence-corrected chi connectivity index (χ2v) is 5.11. The van der Waals surface area contributed by atoms with Crippen LogP contribution in [0.5, 0.6) is 0 Å². The van der Waals surface area contributed by atoms with Gasteiger partial charge in [-0.2, -0.15) is 5.10 Å². The Morgan fingerprint density at radius 1 is 1.68 bits per heavy atom. The van der Waals surface area contributed by atoms with E-state index in [9.17, 15) is 9.59 Å². The van der Waals surface area contributed by atoms with Gasteiger partial charge in [0.25, 0.3) is 0 Å². The lowest BCUT2D eigenvalue weighted by Gasteiger charge is -2.07. The predicted molar refractivity (Wildman–Crippen MR) is 66.4 cm³/mol. The number of amides is 1. The molecule has 1 heterocycles. The highest BCUT2D eigenvalue weighted by molar-refractivity contribution is 6.38. The van der Waals surface area contributed by atoms with Crippen molar-refractivity contribution in [3.63, 3.8) is 0 Å². The Bertz CT molecular complexity index is 465. The Kier molecular flexibility index (Phi) is 4.04. The quantitative estimate of drug-likeness (QED) is 0.437. The molecule has 2 rings (SSSR count). The number of alkyl halides is 1. The van der Waals surface area contributed by atoms with E-state index in [4.69, 9.17) is 11.6 Å². The van der Waals surface area contributed by atoms with E-state index in [2.05, 4.69) is 25.2 Å². The fourth-order valence-electron chi connectivity index (χ4n) is 1.88. The largest absolute Gasteiger partial charge is 0.468 e. The third-order valence-electron chi connectivity index (χ3n) is 3.09. The molecule has 1 aromatic rings. The lowest BCUT2D eigenvalue weighted by atomic mass is 10.2. The first-order valence-corrected chi connectivity index (χ1v) is 6.35. The number of carbonyl (C=O) groups is 2. The summed E-state index contributed by atoms with van der Waals surface area (Å²) in [5, 5.41) is 9.22. The van der Waals surface area contributed by atoms with Gasteiger partial charge in [-0.25, -0.2) is 4.98 Å². The highest BCUT2D eigenvalue weighted by Gasteiger charge is 2.63. The smallest absolute Gasteiger partial charge is 0.327 e. The van der Waals surface area contributed by atoms with Gasteiger partial charge in [0.05, 0.1) is 13.0 Å². The zero-order chi connectivity index (χ0) is 13.9. The molecule has 0 unspecified atom stereocenters. The summed E-state index contributed by atoms with van der Waals surface area (Å²) in [6, 6.07) is 0. The Morgan fingerprint density at radius 3 is 3.11 bits per heavy atom. The Hall–Kier alpha value is -1.63. The van der Waals surface area contributed by atoms with Gasteiger partial charge in [-0.3, -0.25) is 14.7 Å². The van der Waals surface area contributed by atoms with E-state index in [-0.39, 0.29) is 5.91 Å². The van der Waals surface area contributed by atoms with Gasteiger partial charge in [0, 0.05) is 13.0 Å². The van der Waals surface area contributed by atoms with Crippen LogP contribution < -0.4 is 5.32 Å². The lowest BCUT2D eigenvalue weighted by molar-refractivity contribution is -0.142. The molecular weight excluding hydrogens is 272 g/mol. The number of aromatic nitrogens is 3. The zero-order valence-corrected chi connectivity index (χ0v) is 11.2. The van der Waals surface area contributed by atoms with Gasteiger partial charge in [-0.1, -0.05) is 0 Å². The molecule has 0 aromatic carbocycles. The van der Waals surface area contributed by atoms with E-state index >= 15 is 0 Å². The van der Waals surface area contributed by atoms with Crippen LogP contribution in [0.15, 0.2) is 6.33 Å². The highest BCUT2D eigenvalue weighted by Crippen LogP contribution is 2.50. The molecule has 1 aromatic heterocycles. The Morgan fingerprint density at radius 2 is 2.47 bits per heavy atom. The summed E-state index contributed by atoms with van der Waals surface area (Å²) in [5.41, 5.74) is 0. The first-order valence-electron chi connectivity index (χ1n) is 5.97. The third-order valence-corrected chi connectivity index (χ3v) is 3.66. The number of hydrogen-bond donors (Lipinski definition) is 2. The maximum absolute atomic E-state index is 11.8. The van der Waals surface area contributed by atoms with Crippen LogP contribution in [0.2, 0.25) is 0 Å². The molecule has 1 aliphatic rings. The minimum atomic E-state index is -1.16. The van der Waals surface area contributed by atoms with Crippen LogP contribution in [-0.4, -0.2) is 45.6 Å². The number of nitrogens with zero attached hydrogens (tertiary/aromatic N) is 2. The van der Waals surface area contributed by atoms with E-state index in [1.165, 1.54) is 13.4 Å². The maximum atomic E-state index is 11.8. The van der Waals surface area contributed by atoms with Gasteiger partial charge in [0.2, 0.25) is 5.91 Å². The molecular formula is C11H15ClN4O3. The second-order valence-electron chi connectivity index (χ2n) is 4.44. The molecule has 2 N–H and O–H groups in total. The van der Waals surface area contributed by atoms with Crippen molar-refractivity contribution in [2.75, 3.05) is 13.7 Å². The van der Waals surface area contributed by atoms with Crippen molar-refractivity contribution in [3.05, 3.63) is 12.2 Å². The van der Waals surface area contributed by atoms with Crippen molar-refractivity contribution in [2.45, 2.75) is 24.1 Å². The highest BCUT2D eigenvalue weighted by atomic mass is 35.5. The Balaban J connectivity index is 1.67. The molecule has 1 aliphatic carbocycles. The van der Waals surface area contributed by atoms with Gasteiger partial charge in [-0.15, -0.1) is 11.6 Å². The van der Waals surface area contributed by atoms with Crippen LogP contribution in [0.4, 0.5) is 0 Å². The number of aromatic amines is 1. The summed E-state index contributed by atoms with van der Waals surface area (Å²) in [6.07, 6.45) is 3.21. The summed E-state index contributed by atoms with van der Waals surface area (Å²) >= 11 is 5.99. The van der Waals surface area contributed by atoms with Crippen LogP contribution in [0, 0.1) is 5.92 Å². The van der Waals surface area contributed by atoms with Crippen LogP contribution in [0.3, 0.4) is 0 Å². The molecule has 2 atom stereocenters. The molecule has 7 nitrogen and oxygen atoms in total. The number of nitrogens with one attached hydrogen (secondary N) is 2. The van der Waals surface area contributed by atoms with Crippen molar-refractivity contribution >= 4 is 23.5 Å². The zero-order valence-electron chi connectivity index (χ0n) is 10.5. The number of esters is 1. The number of rotatable bonds is 6. The van der Waals surface area contributed by atoms with Crippen molar-refractivity contribution in [3.8, 4) is 0 Å². The summed E-state index contributed by atoms with van der Waals surface area (Å²) in [5.74, 6) is -0.470.